The van der Waals surface area contributed by atoms with Gasteiger partial charge in [0.15, 0.2) is 20.8 Å². The molecule has 0 saturated carbocycles. The molecular formula is C6H6ClN3O2S. The van der Waals surface area contributed by atoms with Crippen LogP contribution in [0.2, 0.25) is 5.15 Å². The fourth-order valence-corrected chi connectivity index (χ4v) is 2.63. The first-order valence-corrected chi connectivity index (χ1v) is 5.62. The van der Waals surface area contributed by atoms with Crippen molar-refractivity contribution in [2.75, 3.05) is 17.6 Å². The van der Waals surface area contributed by atoms with Crippen LogP contribution in [0, 0.1) is 0 Å². The number of nitrogens with one attached hydrogen (secondary N) is 1. The van der Waals surface area contributed by atoms with E-state index >= 15 is 0 Å². The Kier molecular flexibility index (Phi) is 1.88. The van der Waals surface area contributed by atoms with Gasteiger partial charge in [0.05, 0.1) is 5.75 Å². The summed E-state index contributed by atoms with van der Waals surface area (Å²) in [5.41, 5.74) is 0. The highest BCUT2D eigenvalue weighted by Crippen LogP contribution is 2.24. The van der Waals surface area contributed by atoms with Crippen LogP contribution in [-0.2, 0) is 9.84 Å². The van der Waals surface area contributed by atoms with E-state index in [2.05, 4.69) is 15.5 Å². The van der Waals surface area contributed by atoms with Crippen LogP contribution in [0.25, 0.3) is 0 Å². The van der Waals surface area contributed by atoms with E-state index < -0.39 is 9.84 Å². The first-order chi connectivity index (χ1) is 6.09. The lowest BCUT2D eigenvalue weighted by Crippen LogP contribution is -2.24. The molecule has 1 aromatic heterocycles. The summed E-state index contributed by atoms with van der Waals surface area (Å²) in [6.07, 6.45) is 0. The van der Waals surface area contributed by atoms with Crippen LogP contribution in [0.15, 0.2) is 11.0 Å². The Morgan fingerprint density at radius 1 is 1.46 bits per heavy atom. The number of hydrogen-bond acceptors (Lipinski definition) is 5. The molecule has 0 saturated heterocycles. The standard InChI is InChI=1S/C6H6ClN3O2S/c7-5-3-4-6(10-9-5)8-1-2-13(4,11)12/h3H,1-2H2,(H,8,10). The van der Waals surface area contributed by atoms with Crippen LogP contribution < -0.4 is 5.32 Å². The minimum absolute atomic E-state index is 0.0715. The number of rotatable bonds is 0. The Bertz CT molecular complexity index is 445. The maximum atomic E-state index is 11.5. The van der Waals surface area contributed by atoms with Crippen molar-refractivity contribution in [3.8, 4) is 0 Å². The molecule has 13 heavy (non-hydrogen) atoms. The highest BCUT2D eigenvalue weighted by atomic mass is 35.5. The minimum atomic E-state index is -3.21. The second kappa shape index (κ2) is 2.81. The summed E-state index contributed by atoms with van der Waals surface area (Å²) in [7, 11) is -3.21. The number of anilines is 1. The van der Waals surface area contributed by atoms with Gasteiger partial charge >= 0.3 is 0 Å². The van der Waals surface area contributed by atoms with Crippen molar-refractivity contribution in [2.24, 2.45) is 0 Å². The van der Waals surface area contributed by atoms with Crippen molar-refractivity contribution in [3.63, 3.8) is 0 Å². The summed E-state index contributed by atoms with van der Waals surface area (Å²) in [5.74, 6) is 0.359. The van der Waals surface area contributed by atoms with E-state index in [0.717, 1.165) is 0 Å². The van der Waals surface area contributed by atoms with Crippen LogP contribution in [0.3, 0.4) is 0 Å². The number of aromatic nitrogens is 2. The predicted molar refractivity (Wildman–Crippen MR) is 47.6 cm³/mol. The SMILES string of the molecule is O=S1(=O)CCNc2nnc(Cl)cc21. The van der Waals surface area contributed by atoms with Gasteiger partial charge in [-0.25, -0.2) is 8.42 Å². The fourth-order valence-electron chi connectivity index (χ4n) is 1.13. The highest BCUT2D eigenvalue weighted by molar-refractivity contribution is 7.91. The van der Waals surface area contributed by atoms with Gasteiger partial charge in [-0.1, -0.05) is 11.6 Å². The van der Waals surface area contributed by atoms with E-state index in [4.69, 9.17) is 11.6 Å². The first kappa shape index (κ1) is 8.71. The van der Waals surface area contributed by atoms with Gasteiger partial charge in [-0.3, -0.25) is 0 Å². The lowest BCUT2D eigenvalue weighted by Gasteiger charge is -2.15. The number of sulfone groups is 1. The highest BCUT2D eigenvalue weighted by Gasteiger charge is 2.25. The minimum Gasteiger partial charge on any atom is -0.366 e. The van der Waals surface area contributed by atoms with Crippen LogP contribution in [-0.4, -0.2) is 30.9 Å². The van der Waals surface area contributed by atoms with Crippen molar-refractivity contribution in [3.05, 3.63) is 11.2 Å². The van der Waals surface area contributed by atoms with E-state index in [-0.39, 0.29) is 21.6 Å². The normalized spacial score (nSPS) is 18.8. The summed E-state index contributed by atoms with van der Waals surface area (Å²) in [5, 5.41) is 10.1. The zero-order valence-electron chi connectivity index (χ0n) is 6.49. The zero-order chi connectivity index (χ0) is 9.47. The van der Waals surface area contributed by atoms with Gasteiger partial charge in [-0.2, -0.15) is 0 Å². The first-order valence-electron chi connectivity index (χ1n) is 3.59. The maximum Gasteiger partial charge on any atom is 0.183 e. The van der Waals surface area contributed by atoms with E-state index in [9.17, 15) is 8.42 Å². The van der Waals surface area contributed by atoms with Gasteiger partial charge in [0.25, 0.3) is 0 Å². The lowest BCUT2D eigenvalue weighted by atomic mass is 10.5. The van der Waals surface area contributed by atoms with E-state index in [1.165, 1.54) is 6.07 Å². The molecule has 0 fully saturated rings. The molecular weight excluding hydrogens is 214 g/mol. The van der Waals surface area contributed by atoms with Gasteiger partial charge in [-0.05, 0) is 6.07 Å². The Labute approximate surface area is 80.0 Å². The number of nitrogens with zero attached hydrogens (tertiary/aromatic N) is 2. The molecule has 0 aliphatic carbocycles. The molecule has 0 amide bonds. The molecule has 1 aliphatic rings. The molecule has 0 aromatic carbocycles. The second-order valence-corrected chi connectivity index (χ2v) is 5.09. The Morgan fingerprint density at radius 3 is 3.00 bits per heavy atom. The number of hydrogen-bond donors (Lipinski definition) is 1. The van der Waals surface area contributed by atoms with E-state index in [1.807, 2.05) is 0 Å². The zero-order valence-corrected chi connectivity index (χ0v) is 8.06. The number of halogens is 1. The molecule has 2 rings (SSSR count). The fraction of sp³-hybridized carbons (Fsp3) is 0.333. The molecule has 1 aromatic rings. The van der Waals surface area contributed by atoms with Gasteiger partial charge in [0, 0.05) is 6.54 Å². The van der Waals surface area contributed by atoms with Gasteiger partial charge in [0.1, 0.15) is 4.90 Å². The van der Waals surface area contributed by atoms with Crippen LogP contribution in [0.1, 0.15) is 0 Å². The van der Waals surface area contributed by atoms with Crippen LogP contribution in [0.4, 0.5) is 5.82 Å². The smallest absolute Gasteiger partial charge is 0.183 e. The molecule has 7 heteroatoms. The summed E-state index contributed by atoms with van der Waals surface area (Å²) < 4.78 is 22.9. The van der Waals surface area contributed by atoms with Gasteiger partial charge < -0.3 is 5.32 Å². The lowest BCUT2D eigenvalue weighted by molar-refractivity contribution is 0.593. The van der Waals surface area contributed by atoms with Crippen molar-refractivity contribution < 1.29 is 8.42 Å². The number of fused-ring (bicyclic) bond motifs is 1. The van der Waals surface area contributed by atoms with E-state index in [0.29, 0.717) is 6.54 Å². The Morgan fingerprint density at radius 2 is 2.23 bits per heavy atom. The Hall–Kier alpha value is -0.880. The molecule has 0 bridgehead atoms. The van der Waals surface area contributed by atoms with Gasteiger partial charge in [-0.15, -0.1) is 10.2 Å². The quantitative estimate of drug-likeness (QED) is 0.681. The molecule has 0 atom stereocenters. The maximum absolute atomic E-state index is 11.5. The van der Waals surface area contributed by atoms with E-state index in [1.54, 1.807) is 0 Å². The summed E-state index contributed by atoms with van der Waals surface area (Å²) in [4.78, 5) is 0.138. The third-order valence-corrected chi connectivity index (χ3v) is 3.64. The molecule has 1 aliphatic heterocycles. The third kappa shape index (κ3) is 1.47. The van der Waals surface area contributed by atoms with Crippen LogP contribution in [0.5, 0.6) is 0 Å². The molecule has 0 radical (unpaired) electrons. The van der Waals surface area contributed by atoms with Crippen molar-refractivity contribution >= 4 is 27.3 Å². The molecule has 5 nitrogen and oxygen atoms in total. The molecule has 0 spiro atoms. The monoisotopic (exact) mass is 219 g/mol. The predicted octanol–water partition coefficient (Wildman–Crippen LogP) is 0.329. The average molecular weight is 220 g/mol. The molecule has 1 N–H and O–H groups in total. The largest absolute Gasteiger partial charge is 0.366 e. The third-order valence-electron chi connectivity index (χ3n) is 1.73. The topological polar surface area (TPSA) is 72.0 Å². The Balaban J connectivity index is 2.68. The van der Waals surface area contributed by atoms with Crippen LogP contribution >= 0.6 is 11.6 Å². The summed E-state index contributed by atoms with van der Waals surface area (Å²) in [6, 6.07) is 1.31. The second-order valence-electron chi connectivity index (χ2n) is 2.63. The van der Waals surface area contributed by atoms with Gasteiger partial charge in [0.2, 0.25) is 0 Å². The molecule has 70 valence electrons. The van der Waals surface area contributed by atoms with Crippen molar-refractivity contribution in [2.45, 2.75) is 4.90 Å². The van der Waals surface area contributed by atoms with Crippen molar-refractivity contribution in [1.82, 2.24) is 10.2 Å². The van der Waals surface area contributed by atoms with Crippen molar-refractivity contribution in [1.29, 1.82) is 0 Å². The molecule has 2 heterocycles. The summed E-state index contributed by atoms with van der Waals surface area (Å²) >= 11 is 5.54. The summed E-state index contributed by atoms with van der Waals surface area (Å²) in [6.45, 7) is 0.367. The molecule has 0 unspecified atom stereocenters. The average Bonchev–Trinajstić information content (AvgIpc) is 2.06.